The van der Waals surface area contributed by atoms with Crippen molar-refractivity contribution in [2.45, 2.75) is 26.3 Å². The summed E-state index contributed by atoms with van der Waals surface area (Å²) in [5.74, 6) is -1.54. The molecule has 0 rings (SSSR count). The molecule has 0 aromatic rings. The van der Waals surface area contributed by atoms with Crippen LogP contribution in [0.15, 0.2) is 0 Å². The summed E-state index contributed by atoms with van der Waals surface area (Å²) >= 11 is 0. The minimum Gasteiger partial charge on any atom is -0.550 e. The SMILES string of the molecule is CCC(C(=O)[O-])C(C)N. The van der Waals surface area contributed by atoms with Gasteiger partial charge in [0.05, 0.1) is 0 Å². The summed E-state index contributed by atoms with van der Waals surface area (Å²) in [6.07, 6.45) is 0.542. The average Bonchev–Trinajstić information content (AvgIpc) is 1.64. The number of carbonyl (C=O) groups excluding carboxylic acids is 1. The molecule has 3 nitrogen and oxygen atoms in total. The Morgan fingerprint density at radius 3 is 2.22 bits per heavy atom. The maximum atomic E-state index is 10.2. The summed E-state index contributed by atoms with van der Waals surface area (Å²) in [5, 5.41) is 10.2. The Hall–Kier alpha value is -0.570. The molecular formula is C6H12NO2-. The Morgan fingerprint density at radius 1 is 1.78 bits per heavy atom. The Balaban J connectivity index is 3.83. The molecule has 2 N–H and O–H groups in total. The summed E-state index contributed by atoms with van der Waals surface area (Å²) in [7, 11) is 0. The molecule has 9 heavy (non-hydrogen) atoms. The predicted octanol–water partition coefficient (Wildman–Crippen LogP) is -0.890. The van der Waals surface area contributed by atoms with Gasteiger partial charge in [-0.25, -0.2) is 0 Å². The minimum absolute atomic E-state index is 0.306. The van der Waals surface area contributed by atoms with Gasteiger partial charge in [0.25, 0.3) is 0 Å². The third-order valence-electron chi connectivity index (χ3n) is 1.38. The molecule has 0 amide bonds. The number of aliphatic carboxylic acids is 1. The van der Waals surface area contributed by atoms with Crippen LogP contribution in [0.2, 0.25) is 0 Å². The van der Waals surface area contributed by atoms with Crippen LogP contribution in [0, 0.1) is 5.92 Å². The molecule has 2 atom stereocenters. The number of carboxylic acids is 1. The number of carboxylic acid groups (broad SMARTS) is 1. The van der Waals surface area contributed by atoms with E-state index in [0.29, 0.717) is 6.42 Å². The first-order valence-electron chi connectivity index (χ1n) is 3.06. The van der Waals surface area contributed by atoms with E-state index >= 15 is 0 Å². The van der Waals surface area contributed by atoms with Crippen molar-refractivity contribution in [1.29, 1.82) is 0 Å². The summed E-state index contributed by atoms with van der Waals surface area (Å²) in [6.45, 7) is 3.45. The molecule has 0 radical (unpaired) electrons. The summed E-state index contributed by atoms with van der Waals surface area (Å²) in [6, 6.07) is -0.306. The number of rotatable bonds is 3. The van der Waals surface area contributed by atoms with Gasteiger partial charge in [0.15, 0.2) is 0 Å². The van der Waals surface area contributed by atoms with E-state index in [1.165, 1.54) is 0 Å². The molecule has 54 valence electrons. The molecule has 2 unspecified atom stereocenters. The van der Waals surface area contributed by atoms with Crippen LogP contribution in [0.25, 0.3) is 0 Å². The normalized spacial score (nSPS) is 16.8. The third-order valence-corrected chi connectivity index (χ3v) is 1.38. The molecule has 0 saturated carbocycles. The number of nitrogens with two attached hydrogens (primary N) is 1. The molecule has 0 aliphatic carbocycles. The van der Waals surface area contributed by atoms with Gasteiger partial charge >= 0.3 is 0 Å². The second-order valence-electron chi connectivity index (χ2n) is 2.19. The summed E-state index contributed by atoms with van der Waals surface area (Å²) < 4.78 is 0. The van der Waals surface area contributed by atoms with Crippen LogP contribution in [-0.4, -0.2) is 12.0 Å². The number of hydrogen-bond acceptors (Lipinski definition) is 3. The smallest absolute Gasteiger partial charge is 0.0460 e. The lowest BCUT2D eigenvalue weighted by atomic mass is 10.00. The number of carbonyl (C=O) groups is 1. The molecule has 0 spiro atoms. The van der Waals surface area contributed by atoms with Crippen LogP contribution < -0.4 is 10.8 Å². The molecule has 3 heteroatoms. The van der Waals surface area contributed by atoms with E-state index < -0.39 is 11.9 Å². The highest BCUT2D eigenvalue weighted by Gasteiger charge is 2.10. The van der Waals surface area contributed by atoms with E-state index in [0.717, 1.165) is 0 Å². The second kappa shape index (κ2) is 3.45. The molecule has 0 saturated heterocycles. The van der Waals surface area contributed by atoms with Crippen molar-refractivity contribution in [3.63, 3.8) is 0 Å². The molecule has 0 aliphatic heterocycles. The maximum absolute atomic E-state index is 10.2. The summed E-state index contributed by atoms with van der Waals surface area (Å²) in [5.41, 5.74) is 5.33. The van der Waals surface area contributed by atoms with Gasteiger partial charge in [0.2, 0.25) is 0 Å². The van der Waals surface area contributed by atoms with Gasteiger partial charge in [-0.3, -0.25) is 0 Å². The topological polar surface area (TPSA) is 66.1 Å². The molecular weight excluding hydrogens is 118 g/mol. The molecule has 0 heterocycles. The van der Waals surface area contributed by atoms with Crippen LogP contribution in [0.1, 0.15) is 20.3 Å². The maximum Gasteiger partial charge on any atom is 0.0460 e. The van der Waals surface area contributed by atoms with Gasteiger partial charge in [-0.05, 0) is 13.3 Å². The minimum atomic E-state index is -1.05. The van der Waals surface area contributed by atoms with Crippen molar-refractivity contribution in [2.75, 3.05) is 0 Å². The van der Waals surface area contributed by atoms with E-state index in [9.17, 15) is 9.90 Å². The lowest BCUT2D eigenvalue weighted by Gasteiger charge is -2.19. The average molecular weight is 130 g/mol. The van der Waals surface area contributed by atoms with Crippen molar-refractivity contribution in [2.24, 2.45) is 11.7 Å². The lowest BCUT2D eigenvalue weighted by Crippen LogP contribution is -2.40. The zero-order chi connectivity index (χ0) is 7.44. The highest BCUT2D eigenvalue weighted by molar-refractivity contribution is 5.68. The first-order valence-corrected chi connectivity index (χ1v) is 3.06. The highest BCUT2D eigenvalue weighted by atomic mass is 16.4. The molecule has 0 aromatic heterocycles. The monoisotopic (exact) mass is 130 g/mol. The van der Waals surface area contributed by atoms with Gasteiger partial charge in [-0.15, -0.1) is 0 Å². The summed E-state index contributed by atoms with van der Waals surface area (Å²) in [4.78, 5) is 10.2. The first-order chi connectivity index (χ1) is 4.09. The van der Waals surface area contributed by atoms with E-state index in [-0.39, 0.29) is 6.04 Å². The highest BCUT2D eigenvalue weighted by Crippen LogP contribution is 2.03. The van der Waals surface area contributed by atoms with Gasteiger partial charge in [0, 0.05) is 17.9 Å². The third kappa shape index (κ3) is 2.46. The van der Waals surface area contributed by atoms with Crippen LogP contribution in [0.5, 0.6) is 0 Å². The Bertz CT molecular complexity index is 101. The van der Waals surface area contributed by atoms with Crippen molar-refractivity contribution in [3.05, 3.63) is 0 Å². The first kappa shape index (κ1) is 8.43. The van der Waals surface area contributed by atoms with Crippen molar-refractivity contribution in [1.82, 2.24) is 0 Å². The van der Waals surface area contributed by atoms with Gasteiger partial charge in [0.1, 0.15) is 0 Å². The Morgan fingerprint density at radius 2 is 2.22 bits per heavy atom. The van der Waals surface area contributed by atoms with Crippen LogP contribution >= 0.6 is 0 Å². The fourth-order valence-corrected chi connectivity index (χ4v) is 0.753. The van der Waals surface area contributed by atoms with Crippen molar-refractivity contribution >= 4 is 5.97 Å². The molecule has 0 aromatic carbocycles. The van der Waals surface area contributed by atoms with Crippen LogP contribution in [0.3, 0.4) is 0 Å². The van der Waals surface area contributed by atoms with E-state index in [1.807, 2.05) is 0 Å². The second-order valence-corrected chi connectivity index (χ2v) is 2.19. The van der Waals surface area contributed by atoms with Crippen LogP contribution in [-0.2, 0) is 4.79 Å². The quantitative estimate of drug-likeness (QED) is 0.539. The lowest BCUT2D eigenvalue weighted by molar-refractivity contribution is -0.312. The van der Waals surface area contributed by atoms with Crippen molar-refractivity contribution < 1.29 is 9.90 Å². The molecule has 0 bridgehead atoms. The van der Waals surface area contributed by atoms with E-state index in [2.05, 4.69) is 0 Å². The molecule has 0 fully saturated rings. The predicted molar refractivity (Wildman–Crippen MR) is 32.4 cm³/mol. The largest absolute Gasteiger partial charge is 0.550 e. The Labute approximate surface area is 54.9 Å². The van der Waals surface area contributed by atoms with Crippen molar-refractivity contribution in [3.8, 4) is 0 Å². The van der Waals surface area contributed by atoms with Gasteiger partial charge in [-0.2, -0.15) is 0 Å². The zero-order valence-electron chi connectivity index (χ0n) is 5.76. The zero-order valence-corrected chi connectivity index (χ0v) is 5.76. The standard InChI is InChI=1S/C6H13NO2/c1-3-5(4(2)7)6(8)9/h4-5H,3,7H2,1-2H3,(H,8,9)/p-1. The fourth-order valence-electron chi connectivity index (χ4n) is 0.753. The molecule has 0 aliphatic rings. The van der Waals surface area contributed by atoms with Gasteiger partial charge < -0.3 is 15.6 Å². The fraction of sp³-hybridized carbons (Fsp3) is 0.833. The van der Waals surface area contributed by atoms with Crippen LogP contribution in [0.4, 0.5) is 0 Å². The van der Waals surface area contributed by atoms with Gasteiger partial charge in [-0.1, -0.05) is 6.92 Å². The van der Waals surface area contributed by atoms with E-state index in [1.54, 1.807) is 13.8 Å². The Kier molecular flexibility index (Phi) is 3.24. The number of hydrogen-bond donors (Lipinski definition) is 1. The van der Waals surface area contributed by atoms with E-state index in [4.69, 9.17) is 5.73 Å².